The summed E-state index contributed by atoms with van der Waals surface area (Å²) in [4.78, 5) is 72.7. The summed E-state index contributed by atoms with van der Waals surface area (Å²) in [5.74, 6) is 2.23. The molecule has 0 bridgehead atoms. The number of rotatable bonds is 10. The number of H-pyrrole nitrogens is 2. The summed E-state index contributed by atoms with van der Waals surface area (Å²) in [5, 5.41) is 5.47. The van der Waals surface area contributed by atoms with Gasteiger partial charge in [0.15, 0.2) is 0 Å². The third-order valence-electron chi connectivity index (χ3n) is 13.1. The number of aryl methyl sites for hydroxylation is 2. The summed E-state index contributed by atoms with van der Waals surface area (Å²) in [5.41, 5.74) is 8.57. The molecule has 2 aromatic carbocycles. The molecule has 4 amide bonds. The van der Waals surface area contributed by atoms with Gasteiger partial charge < -0.3 is 39.9 Å². The molecule has 3 aliphatic carbocycles. The number of carbonyl (C=O) groups is 4. The Balaban J connectivity index is 0.911. The highest BCUT2D eigenvalue weighted by Gasteiger charge is 2.57. The number of hydrogen-bond acceptors (Lipinski definition) is 8. The van der Waals surface area contributed by atoms with Gasteiger partial charge in [-0.15, -0.1) is 0 Å². The fourth-order valence-electron chi connectivity index (χ4n) is 9.77. The van der Waals surface area contributed by atoms with Crippen LogP contribution >= 0.6 is 0 Å². The number of aromatic amines is 2. The van der Waals surface area contributed by atoms with Gasteiger partial charge in [-0.2, -0.15) is 0 Å². The maximum Gasteiger partial charge on any atom is 0.407 e. The average Bonchev–Trinajstić information content (AvgIpc) is 3.90. The van der Waals surface area contributed by atoms with E-state index in [1.165, 1.54) is 19.8 Å². The second kappa shape index (κ2) is 14.9. The number of ether oxygens (including phenoxy) is 2. The van der Waals surface area contributed by atoms with Crippen LogP contribution in [0.5, 0.6) is 0 Å². The summed E-state index contributed by atoms with van der Waals surface area (Å²) >= 11 is 0. The van der Waals surface area contributed by atoms with Gasteiger partial charge in [-0.05, 0) is 91.4 Å². The third-order valence-corrected chi connectivity index (χ3v) is 13.1. The first-order valence-electron chi connectivity index (χ1n) is 20.8. The van der Waals surface area contributed by atoms with Gasteiger partial charge in [0.2, 0.25) is 11.8 Å². The first kappa shape index (κ1) is 37.9. The van der Waals surface area contributed by atoms with Gasteiger partial charge >= 0.3 is 12.2 Å². The first-order chi connectivity index (χ1) is 28.1. The maximum atomic E-state index is 13.8. The average molecular weight is 789 g/mol. The van der Waals surface area contributed by atoms with Crippen LogP contribution in [0.3, 0.4) is 0 Å². The first-order valence-corrected chi connectivity index (χ1v) is 20.8. The molecule has 2 aliphatic heterocycles. The van der Waals surface area contributed by atoms with Crippen LogP contribution in [-0.4, -0.2) is 92.1 Å². The highest BCUT2D eigenvalue weighted by molar-refractivity contribution is 5.88. The number of carbonyl (C=O) groups excluding carboxylic acids is 4. The number of methoxy groups -OCH3 is 2. The Bertz CT molecular complexity index is 2250. The standard InChI is InChI=1S/C44H52N8O6/c1-6-30(48-43(55)57-4)41(53)51-33-17-28(33)20-36(51)40-46-31-9-7-8-26-16-25(14-15-29(26)38(31)49-40)23-10-12-24(13-11-23)32-21-45-39(47-32)35-19-27-18-34(27)52(35)42(54)37(22(2)3)50-44(56)58-5/h10-16,21-22,27-28,30,33-37H,6-9,17-20H2,1-5H3,(H,45,47)(H,46,49)(H,48,55)(H,50,56)/t27?,28-,30+,33-,34-,35+,36+,37+/m1/s1. The molecular formula is C44H52N8O6. The van der Waals surface area contributed by atoms with Gasteiger partial charge in [-0.1, -0.05) is 63.2 Å². The molecule has 2 aromatic heterocycles. The molecule has 4 N–H and O–H groups in total. The second-order valence-corrected chi connectivity index (χ2v) is 17.0. The molecule has 4 fully saturated rings. The van der Waals surface area contributed by atoms with E-state index in [0.717, 1.165) is 95.9 Å². The van der Waals surface area contributed by atoms with Gasteiger partial charge in [0, 0.05) is 23.3 Å². The lowest BCUT2D eigenvalue weighted by atomic mass is 9.95. The van der Waals surface area contributed by atoms with E-state index in [9.17, 15) is 19.2 Å². The van der Waals surface area contributed by atoms with Crippen molar-refractivity contribution in [3.05, 3.63) is 71.6 Å². The number of imidazole rings is 2. The highest BCUT2D eigenvalue weighted by Crippen LogP contribution is 2.55. The molecule has 58 heavy (non-hydrogen) atoms. The SMILES string of the molecule is CC[C@H](NC(=O)OC)C(=O)N1[C@@H]2C[C@@H]2C[C@H]1c1nc2c([nH]1)CCCc1cc(-c3ccc(-c4cnc([C@@H]5CC6C[C@H]6N5C(=O)[C@@H](NC(=O)OC)C(C)C)[nH]4)cc3)ccc1-2. The number of likely N-dealkylation sites (tertiary alicyclic amines) is 2. The predicted octanol–water partition coefficient (Wildman–Crippen LogP) is 6.46. The number of nitrogens with zero attached hydrogens (tertiary/aromatic N) is 4. The molecule has 9 rings (SSSR count). The van der Waals surface area contributed by atoms with E-state index >= 15 is 0 Å². The molecule has 0 spiro atoms. The molecule has 5 aliphatic rings. The molecule has 2 saturated carbocycles. The molecule has 2 saturated heterocycles. The molecule has 4 heterocycles. The number of nitrogens with one attached hydrogen (secondary N) is 4. The fraction of sp³-hybridized carbons (Fsp3) is 0.500. The van der Waals surface area contributed by atoms with Gasteiger partial charge in [0.05, 0.1) is 43.9 Å². The monoisotopic (exact) mass is 788 g/mol. The molecule has 14 heteroatoms. The van der Waals surface area contributed by atoms with Crippen LogP contribution in [0.1, 0.15) is 94.3 Å². The minimum Gasteiger partial charge on any atom is -0.453 e. The van der Waals surface area contributed by atoms with Gasteiger partial charge in [0.1, 0.15) is 23.7 Å². The van der Waals surface area contributed by atoms with Crippen LogP contribution in [0.4, 0.5) is 9.59 Å². The van der Waals surface area contributed by atoms with Crippen LogP contribution in [-0.2, 0) is 31.9 Å². The number of amides is 4. The maximum absolute atomic E-state index is 13.8. The Labute approximate surface area is 337 Å². The van der Waals surface area contributed by atoms with Crippen molar-refractivity contribution in [2.75, 3.05) is 14.2 Å². The summed E-state index contributed by atoms with van der Waals surface area (Å²) in [6, 6.07) is 13.8. The number of benzene rings is 2. The lowest BCUT2D eigenvalue weighted by Crippen LogP contribution is -2.52. The van der Waals surface area contributed by atoms with Crippen molar-refractivity contribution >= 4 is 24.0 Å². The topological polar surface area (TPSA) is 175 Å². The van der Waals surface area contributed by atoms with Gasteiger partial charge in [-0.25, -0.2) is 19.6 Å². The van der Waals surface area contributed by atoms with Gasteiger partial charge in [-0.3, -0.25) is 9.59 Å². The van der Waals surface area contributed by atoms with Crippen LogP contribution in [0.25, 0.3) is 33.6 Å². The van der Waals surface area contributed by atoms with E-state index in [1.54, 1.807) is 0 Å². The zero-order chi connectivity index (χ0) is 40.4. The molecule has 304 valence electrons. The zero-order valence-corrected chi connectivity index (χ0v) is 33.7. The second-order valence-electron chi connectivity index (χ2n) is 17.0. The number of aromatic nitrogens is 4. The summed E-state index contributed by atoms with van der Waals surface area (Å²) < 4.78 is 9.60. The molecule has 0 radical (unpaired) electrons. The van der Waals surface area contributed by atoms with Crippen molar-refractivity contribution in [2.24, 2.45) is 17.8 Å². The molecule has 1 unspecified atom stereocenters. The molecule has 14 nitrogen and oxygen atoms in total. The van der Waals surface area contributed by atoms with E-state index in [2.05, 4.69) is 63.1 Å². The number of fused-ring (bicyclic) bond motifs is 5. The van der Waals surface area contributed by atoms with Crippen molar-refractivity contribution < 1.29 is 28.7 Å². The summed E-state index contributed by atoms with van der Waals surface area (Å²) in [6.07, 6.45) is 7.60. The third kappa shape index (κ3) is 6.79. The van der Waals surface area contributed by atoms with Crippen molar-refractivity contribution in [2.45, 2.75) is 108 Å². The van der Waals surface area contributed by atoms with Crippen molar-refractivity contribution in [1.29, 1.82) is 0 Å². The molecular weight excluding hydrogens is 737 g/mol. The Morgan fingerprint density at radius 1 is 0.793 bits per heavy atom. The minimum atomic E-state index is -0.675. The van der Waals surface area contributed by atoms with E-state index in [4.69, 9.17) is 19.4 Å². The Hall–Kier alpha value is -5.66. The van der Waals surface area contributed by atoms with Crippen molar-refractivity contribution in [3.8, 4) is 33.6 Å². The minimum absolute atomic E-state index is 0.0755. The summed E-state index contributed by atoms with van der Waals surface area (Å²) in [7, 11) is 2.62. The quantitative estimate of drug-likeness (QED) is 0.142. The molecule has 8 atom stereocenters. The van der Waals surface area contributed by atoms with Crippen LogP contribution in [0, 0.1) is 17.8 Å². The lowest BCUT2D eigenvalue weighted by molar-refractivity contribution is -0.137. The fourth-order valence-corrected chi connectivity index (χ4v) is 9.77. The summed E-state index contributed by atoms with van der Waals surface area (Å²) in [6.45, 7) is 5.75. The zero-order valence-electron chi connectivity index (χ0n) is 33.7. The predicted molar refractivity (Wildman–Crippen MR) is 215 cm³/mol. The number of hydrogen-bond donors (Lipinski definition) is 4. The van der Waals surface area contributed by atoms with Crippen LogP contribution in [0.15, 0.2) is 48.7 Å². The van der Waals surface area contributed by atoms with E-state index in [-0.39, 0.29) is 41.9 Å². The Morgan fingerprint density at radius 3 is 2.10 bits per heavy atom. The normalized spacial score (nSPS) is 24.8. The van der Waals surface area contributed by atoms with Crippen molar-refractivity contribution in [3.63, 3.8) is 0 Å². The number of alkyl carbamates (subject to hydrolysis) is 2. The molecule has 4 aromatic rings. The Morgan fingerprint density at radius 2 is 1.43 bits per heavy atom. The van der Waals surface area contributed by atoms with Crippen LogP contribution < -0.4 is 10.6 Å². The van der Waals surface area contributed by atoms with E-state index in [1.807, 2.05) is 36.8 Å². The Kier molecular flexibility index (Phi) is 9.76. The van der Waals surface area contributed by atoms with Crippen molar-refractivity contribution in [1.82, 2.24) is 40.4 Å². The van der Waals surface area contributed by atoms with Gasteiger partial charge in [0.25, 0.3) is 0 Å². The largest absolute Gasteiger partial charge is 0.453 e. The van der Waals surface area contributed by atoms with E-state index in [0.29, 0.717) is 18.3 Å². The lowest BCUT2D eigenvalue weighted by Gasteiger charge is -2.31. The van der Waals surface area contributed by atoms with Crippen LogP contribution in [0.2, 0.25) is 0 Å². The smallest absolute Gasteiger partial charge is 0.407 e. The number of piperidine rings is 2. The highest BCUT2D eigenvalue weighted by atomic mass is 16.5. The van der Waals surface area contributed by atoms with E-state index < -0.39 is 24.3 Å².